The van der Waals surface area contributed by atoms with E-state index in [1.165, 1.54) is 57.8 Å². The molecular formula is C16H32O4. The van der Waals surface area contributed by atoms with Crippen LogP contribution in [-0.4, -0.2) is 30.6 Å². The summed E-state index contributed by atoms with van der Waals surface area (Å²) < 4.78 is 10.4. The first-order valence-corrected chi connectivity index (χ1v) is 8.11. The molecule has 20 heavy (non-hydrogen) atoms. The van der Waals surface area contributed by atoms with Crippen LogP contribution in [0.1, 0.15) is 78.1 Å². The molecule has 0 aliphatic carbocycles. The topological polar surface area (TPSA) is 55.8 Å². The van der Waals surface area contributed by atoms with E-state index in [9.17, 15) is 4.79 Å². The third-order valence-corrected chi connectivity index (χ3v) is 3.29. The molecule has 0 aliphatic heterocycles. The molecule has 4 heteroatoms. The Labute approximate surface area is 123 Å². The number of aliphatic carboxylic acids is 1. The Morgan fingerprint density at radius 2 is 1.40 bits per heavy atom. The molecule has 1 N–H and O–H groups in total. The normalized spacial score (nSPS) is 12.5. The van der Waals surface area contributed by atoms with Gasteiger partial charge in [0, 0.05) is 6.61 Å². The van der Waals surface area contributed by atoms with Gasteiger partial charge in [-0.15, -0.1) is 0 Å². The maximum atomic E-state index is 10.3. The van der Waals surface area contributed by atoms with Crippen molar-refractivity contribution in [2.75, 3.05) is 13.2 Å². The van der Waals surface area contributed by atoms with Crippen molar-refractivity contribution in [3.63, 3.8) is 0 Å². The zero-order valence-electron chi connectivity index (χ0n) is 13.2. The second kappa shape index (κ2) is 14.8. The highest BCUT2D eigenvalue weighted by molar-refractivity contribution is 5.67. The van der Waals surface area contributed by atoms with Gasteiger partial charge in [-0.3, -0.25) is 0 Å². The van der Waals surface area contributed by atoms with Gasteiger partial charge in [0.1, 0.15) is 6.61 Å². The molecule has 120 valence electrons. The van der Waals surface area contributed by atoms with Gasteiger partial charge in [0.15, 0.2) is 6.29 Å². The van der Waals surface area contributed by atoms with Gasteiger partial charge in [-0.25, -0.2) is 4.79 Å². The molecule has 0 radical (unpaired) electrons. The Kier molecular flexibility index (Phi) is 14.3. The Balaban J connectivity index is 3.10. The first-order valence-electron chi connectivity index (χ1n) is 8.11. The van der Waals surface area contributed by atoms with E-state index in [0.29, 0.717) is 6.61 Å². The maximum absolute atomic E-state index is 10.3. The van der Waals surface area contributed by atoms with Crippen molar-refractivity contribution in [3.05, 3.63) is 0 Å². The van der Waals surface area contributed by atoms with Crippen LogP contribution in [0.3, 0.4) is 0 Å². The molecular weight excluding hydrogens is 256 g/mol. The van der Waals surface area contributed by atoms with Gasteiger partial charge in [0.2, 0.25) is 0 Å². The van der Waals surface area contributed by atoms with Crippen LogP contribution in [0.2, 0.25) is 0 Å². The number of hydrogen-bond acceptors (Lipinski definition) is 3. The number of carboxylic acid groups (broad SMARTS) is 1. The number of carbonyl (C=O) groups is 1. The predicted molar refractivity (Wildman–Crippen MR) is 80.8 cm³/mol. The van der Waals surface area contributed by atoms with Gasteiger partial charge in [0.05, 0.1) is 0 Å². The lowest BCUT2D eigenvalue weighted by Gasteiger charge is -2.12. The highest BCUT2D eigenvalue weighted by Crippen LogP contribution is 2.10. The molecule has 0 saturated carbocycles. The Hall–Kier alpha value is -0.610. The summed E-state index contributed by atoms with van der Waals surface area (Å²) >= 11 is 0. The molecule has 0 aliphatic rings. The third-order valence-electron chi connectivity index (χ3n) is 3.29. The Morgan fingerprint density at radius 3 is 1.90 bits per heavy atom. The predicted octanol–water partition coefficient (Wildman–Crippen LogP) is 4.37. The SMILES string of the molecule is CCCCCCCCCCCCOC(C)OCC(=O)O. The van der Waals surface area contributed by atoms with Crippen molar-refractivity contribution in [2.24, 2.45) is 0 Å². The van der Waals surface area contributed by atoms with Gasteiger partial charge in [0.25, 0.3) is 0 Å². The smallest absolute Gasteiger partial charge is 0.329 e. The highest BCUT2D eigenvalue weighted by atomic mass is 16.7. The summed E-state index contributed by atoms with van der Waals surface area (Å²) in [6, 6.07) is 0. The molecule has 0 aromatic rings. The van der Waals surface area contributed by atoms with E-state index < -0.39 is 12.3 Å². The number of carboxylic acids is 1. The Bertz CT molecular complexity index is 219. The van der Waals surface area contributed by atoms with Gasteiger partial charge >= 0.3 is 5.97 Å². The molecule has 0 heterocycles. The molecule has 0 saturated heterocycles. The molecule has 0 amide bonds. The summed E-state index contributed by atoms with van der Waals surface area (Å²) in [5.74, 6) is -0.959. The standard InChI is InChI=1S/C16H32O4/c1-3-4-5-6-7-8-9-10-11-12-13-19-15(2)20-14-16(17)18/h15H,3-14H2,1-2H3,(H,17,18). The molecule has 1 unspecified atom stereocenters. The minimum atomic E-state index is -0.959. The summed E-state index contributed by atoms with van der Waals surface area (Å²) in [5, 5.41) is 8.44. The van der Waals surface area contributed by atoms with Gasteiger partial charge in [-0.2, -0.15) is 0 Å². The van der Waals surface area contributed by atoms with E-state index in [1.54, 1.807) is 6.92 Å². The molecule has 0 aromatic heterocycles. The average molecular weight is 288 g/mol. The van der Waals surface area contributed by atoms with E-state index in [2.05, 4.69) is 6.92 Å². The van der Waals surface area contributed by atoms with E-state index in [-0.39, 0.29) is 6.61 Å². The second-order valence-corrected chi connectivity index (χ2v) is 5.33. The number of ether oxygens (including phenoxy) is 2. The van der Waals surface area contributed by atoms with Crippen molar-refractivity contribution >= 4 is 5.97 Å². The zero-order valence-corrected chi connectivity index (χ0v) is 13.2. The van der Waals surface area contributed by atoms with Crippen LogP contribution in [-0.2, 0) is 14.3 Å². The minimum absolute atomic E-state index is 0.292. The quantitative estimate of drug-likeness (QED) is 0.359. The molecule has 1 atom stereocenters. The van der Waals surface area contributed by atoms with Crippen LogP contribution in [0.25, 0.3) is 0 Å². The molecule has 0 rings (SSSR count). The lowest BCUT2D eigenvalue weighted by Crippen LogP contribution is -2.18. The maximum Gasteiger partial charge on any atom is 0.329 e. The number of rotatable bonds is 15. The second-order valence-electron chi connectivity index (χ2n) is 5.33. The summed E-state index contributed by atoms with van der Waals surface area (Å²) in [5.41, 5.74) is 0. The van der Waals surface area contributed by atoms with E-state index in [0.717, 1.165) is 6.42 Å². The first kappa shape index (κ1) is 19.4. The molecule has 0 bridgehead atoms. The van der Waals surface area contributed by atoms with E-state index in [1.807, 2.05) is 0 Å². The van der Waals surface area contributed by atoms with Gasteiger partial charge in [-0.05, 0) is 13.3 Å². The molecule has 0 spiro atoms. The fraction of sp³-hybridized carbons (Fsp3) is 0.938. The fourth-order valence-electron chi connectivity index (χ4n) is 2.08. The largest absolute Gasteiger partial charge is 0.480 e. The van der Waals surface area contributed by atoms with Crippen LogP contribution in [0, 0.1) is 0 Å². The zero-order chi connectivity index (χ0) is 15.1. The monoisotopic (exact) mass is 288 g/mol. The summed E-state index contributed by atoms with van der Waals surface area (Å²) in [7, 11) is 0. The molecule has 0 fully saturated rings. The minimum Gasteiger partial charge on any atom is -0.480 e. The van der Waals surface area contributed by atoms with Crippen LogP contribution in [0.15, 0.2) is 0 Å². The lowest BCUT2D eigenvalue weighted by molar-refractivity contribution is -0.163. The summed E-state index contributed by atoms with van der Waals surface area (Å²) in [6.45, 7) is 4.34. The van der Waals surface area contributed by atoms with Crippen molar-refractivity contribution < 1.29 is 19.4 Å². The Morgan fingerprint density at radius 1 is 0.900 bits per heavy atom. The average Bonchev–Trinajstić information content (AvgIpc) is 2.42. The van der Waals surface area contributed by atoms with Crippen molar-refractivity contribution in [2.45, 2.75) is 84.3 Å². The third kappa shape index (κ3) is 15.4. The summed E-state index contributed by atoms with van der Waals surface area (Å²) in [4.78, 5) is 10.3. The first-order chi connectivity index (χ1) is 9.66. The lowest BCUT2D eigenvalue weighted by atomic mass is 10.1. The number of unbranched alkanes of at least 4 members (excludes halogenated alkanes) is 9. The number of hydrogen-bond donors (Lipinski definition) is 1. The highest BCUT2D eigenvalue weighted by Gasteiger charge is 2.04. The van der Waals surface area contributed by atoms with Crippen LogP contribution in [0.5, 0.6) is 0 Å². The van der Waals surface area contributed by atoms with Crippen LogP contribution < -0.4 is 0 Å². The van der Waals surface area contributed by atoms with Crippen LogP contribution in [0.4, 0.5) is 0 Å². The van der Waals surface area contributed by atoms with Crippen molar-refractivity contribution in [3.8, 4) is 0 Å². The van der Waals surface area contributed by atoms with Gasteiger partial charge in [-0.1, -0.05) is 64.7 Å². The molecule has 4 nitrogen and oxygen atoms in total. The molecule has 0 aromatic carbocycles. The van der Waals surface area contributed by atoms with Crippen LogP contribution >= 0.6 is 0 Å². The van der Waals surface area contributed by atoms with Crippen molar-refractivity contribution in [1.29, 1.82) is 0 Å². The summed E-state index contributed by atoms with van der Waals surface area (Å²) in [6.07, 6.45) is 12.5. The van der Waals surface area contributed by atoms with E-state index in [4.69, 9.17) is 14.6 Å². The van der Waals surface area contributed by atoms with Gasteiger partial charge < -0.3 is 14.6 Å². The van der Waals surface area contributed by atoms with E-state index >= 15 is 0 Å². The van der Waals surface area contributed by atoms with Crippen molar-refractivity contribution in [1.82, 2.24) is 0 Å². The fourth-order valence-corrected chi connectivity index (χ4v) is 2.08.